The number of rotatable bonds is 5. The Hall–Kier alpha value is -3.73. The maximum atomic E-state index is 12.8. The van der Waals surface area contributed by atoms with Crippen molar-refractivity contribution in [1.82, 2.24) is 20.3 Å². The predicted octanol–water partition coefficient (Wildman–Crippen LogP) is 3.98. The minimum absolute atomic E-state index is 0.0717. The molecule has 0 unspecified atom stereocenters. The van der Waals surface area contributed by atoms with E-state index in [9.17, 15) is 4.79 Å². The number of ether oxygens (including phenoxy) is 1. The molecule has 2 aromatic heterocycles. The van der Waals surface area contributed by atoms with E-state index in [-0.39, 0.29) is 18.1 Å². The van der Waals surface area contributed by atoms with Gasteiger partial charge >= 0.3 is 0 Å². The molecule has 0 aliphatic carbocycles. The molecule has 1 fully saturated rings. The molecule has 1 N–H and O–H groups in total. The Balaban J connectivity index is 1.55. The zero-order valence-electron chi connectivity index (χ0n) is 19.6. The fourth-order valence-corrected chi connectivity index (χ4v) is 3.92. The van der Waals surface area contributed by atoms with E-state index in [2.05, 4.69) is 37.0 Å². The number of nitrogens with zero attached hydrogens (tertiary/aromatic N) is 4. The summed E-state index contributed by atoms with van der Waals surface area (Å²) in [7, 11) is 0. The molecule has 0 bridgehead atoms. The Morgan fingerprint density at radius 3 is 2.57 bits per heavy atom. The fraction of sp³-hybridized carbons (Fsp3) is 0.259. The number of hydrogen-bond donors (Lipinski definition) is 1. The summed E-state index contributed by atoms with van der Waals surface area (Å²) >= 11 is 5.99. The number of amides is 1. The highest BCUT2D eigenvalue weighted by Gasteiger charge is 2.25. The lowest BCUT2D eigenvalue weighted by Gasteiger charge is -2.36. The molecule has 0 radical (unpaired) electrons. The summed E-state index contributed by atoms with van der Waals surface area (Å²) in [6.45, 7) is 5.84. The number of morpholine rings is 1. The number of carbonyl (C=O) groups excluding carboxylic acids is 1. The average Bonchev–Trinajstić information content (AvgIpc) is 2.86. The smallest absolute Gasteiger partial charge is 0.253 e. The van der Waals surface area contributed by atoms with Crippen LogP contribution in [-0.4, -0.2) is 52.7 Å². The van der Waals surface area contributed by atoms with E-state index in [1.54, 1.807) is 36.8 Å². The van der Waals surface area contributed by atoms with Crippen molar-refractivity contribution in [3.63, 3.8) is 0 Å². The van der Waals surface area contributed by atoms with Crippen molar-refractivity contribution in [3.8, 4) is 11.8 Å². The number of pyridine rings is 1. The zero-order valence-corrected chi connectivity index (χ0v) is 20.4. The van der Waals surface area contributed by atoms with Gasteiger partial charge in [0.2, 0.25) is 0 Å². The van der Waals surface area contributed by atoms with Crippen molar-refractivity contribution in [2.75, 3.05) is 24.5 Å². The van der Waals surface area contributed by atoms with Gasteiger partial charge in [-0.2, -0.15) is 0 Å². The SMILES string of the molecule is C[C@@H]1CN(c2ncc(C(=O)NC/C=C/c3cncnc3)cc2C#Cc2ccc(Cl)cc2)C[C@H](C)O1. The second-order valence-corrected chi connectivity index (χ2v) is 8.73. The van der Waals surface area contributed by atoms with Crippen LogP contribution in [0.2, 0.25) is 5.02 Å². The third kappa shape index (κ3) is 6.89. The molecule has 4 rings (SSSR count). The van der Waals surface area contributed by atoms with Gasteiger partial charge in [0.25, 0.3) is 5.91 Å². The Morgan fingerprint density at radius 2 is 1.86 bits per heavy atom. The van der Waals surface area contributed by atoms with Crippen molar-refractivity contribution < 1.29 is 9.53 Å². The molecule has 7 nitrogen and oxygen atoms in total. The Labute approximate surface area is 210 Å². The number of aromatic nitrogens is 3. The van der Waals surface area contributed by atoms with Crippen LogP contribution in [0.25, 0.3) is 6.08 Å². The lowest BCUT2D eigenvalue weighted by atomic mass is 10.1. The molecule has 0 saturated carbocycles. The van der Waals surface area contributed by atoms with Gasteiger partial charge in [-0.1, -0.05) is 35.6 Å². The van der Waals surface area contributed by atoms with Crippen molar-refractivity contribution >= 4 is 29.4 Å². The first-order valence-electron chi connectivity index (χ1n) is 11.4. The Kier molecular flexibility index (Phi) is 8.09. The summed E-state index contributed by atoms with van der Waals surface area (Å²) in [5, 5.41) is 3.54. The molecule has 1 aromatic carbocycles. The van der Waals surface area contributed by atoms with E-state index in [0.29, 0.717) is 35.8 Å². The third-order valence-corrected chi connectivity index (χ3v) is 5.56. The number of anilines is 1. The first kappa shape index (κ1) is 24.4. The molecule has 8 heteroatoms. The molecule has 1 aliphatic rings. The molecule has 35 heavy (non-hydrogen) atoms. The normalized spacial score (nSPS) is 17.6. The van der Waals surface area contributed by atoms with Gasteiger partial charge in [0.1, 0.15) is 12.1 Å². The molecule has 178 valence electrons. The molecule has 3 aromatic rings. The number of nitrogens with one attached hydrogen (secondary N) is 1. The van der Waals surface area contributed by atoms with Crippen molar-refractivity contribution in [3.05, 3.63) is 88.6 Å². The van der Waals surface area contributed by atoms with E-state index in [1.165, 1.54) is 6.33 Å². The minimum atomic E-state index is -0.226. The number of hydrogen-bond acceptors (Lipinski definition) is 6. The second kappa shape index (κ2) is 11.6. The molecule has 3 heterocycles. The van der Waals surface area contributed by atoms with Crippen molar-refractivity contribution in [2.45, 2.75) is 26.1 Å². The van der Waals surface area contributed by atoms with Crippen LogP contribution in [-0.2, 0) is 4.74 Å². The monoisotopic (exact) mass is 487 g/mol. The molecule has 2 atom stereocenters. The predicted molar refractivity (Wildman–Crippen MR) is 137 cm³/mol. The van der Waals surface area contributed by atoms with Gasteiger partial charge < -0.3 is 15.0 Å². The standard InChI is InChI=1S/C27H26ClN5O2/c1-19-16-33(17-20(2)35-19)26-23(8-5-21-6-9-25(28)10-7-21)12-24(15-32-26)27(34)31-11-3-4-22-13-29-18-30-14-22/h3-4,6-7,9-10,12-15,18-20H,11,16-17H2,1-2H3,(H,31,34)/b4-3+/t19-,20+. The van der Waals surface area contributed by atoms with Crippen LogP contribution in [0, 0.1) is 11.8 Å². The summed E-state index contributed by atoms with van der Waals surface area (Å²) in [6, 6.07) is 9.12. The van der Waals surface area contributed by atoms with Gasteiger partial charge in [0.05, 0.1) is 23.3 Å². The largest absolute Gasteiger partial charge is 0.372 e. The maximum absolute atomic E-state index is 12.8. The van der Waals surface area contributed by atoms with E-state index in [4.69, 9.17) is 16.3 Å². The van der Waals surface area contributed by atoms with E-state index in [1.807, 2.05) is 38.1 Å². The lowest BCUT2D eigenvalue weighted by molar-refractivity contribution is -0.00547. The summed E-state index contributed by atoms with van der Waals surface area (Å²) in [5.74, 6) is 6.90. The Bertz CT molecular complexity index is 1240. The zero-order chi connectivity index (χ0) is 24.6. The molecule has 1 aliphatic heterocycles. The van der Waals surface area contributed by atoms with Crippen LogP contribution in [0.15, 0.2) is 61.3 Å². The van der Waals surface area contributed by atoms with Gasteiger partial charge in [-0.25, -0.2) is 15.0 Å². The van der Waals surface area contributed by atoms with Gasteiger partial charge in [0, 0.05) is 54.4 Å². The van der Waals surface area contributed by atoms with Gasteiger partial charge in [-0.05, 0) is 44.2 Å². The maximum Gasteiger partial charge on any atom is 0.253 e. The molecule has 1 saturated heterocycles. The topological polar surface area (TPSA) is 80.2 Å². The van der Waals surface area contributed by atoms with Gasteiger partial charge in [0.15, 0.2) is 0 Å². The van der Waals surface area contributed by atoms with Crippen LogP contribution in [0.3, 0.4) is 0 Å². The van der Waals surface area contributed by atoms with Crippen LogP contribution in [0.5, 0.6) is 0 Å². The Morgan fingerprint density at radius 1 is 1.14 bits per heavy atom. The van der Waals surface area contributed by atoms with Gasteiger partial charge in [-0.3, -0.25) is 4.79 Å². The van der Waals surface area contributed by atoms with E-state index in [0.717, 1.165) is 16.9 Å². The number of halogens is 1. The highest BCUT2D eigenvalue weighted by Crippen LogP contribution is 2.23. The summed E-state index contributed by atoms with van der Waals surface area (Å²) in [4.78, 5) is 27.5. The van der Waals surface area contributed by atoms with Crippen LogP contribution in [0.1, 0.15) is 40.9 Å². The second-order valence-electron chi connectivity index (χ2n) is 8.30. The summed E-state index contributed by atoms with van der Waals surface area (Å²) < 4.78 is 5.87. The first-order chi connectivity index (χ1) is 17.0. The average molecular weight is 488 g/mol. The minimum Gasteiger partial charge on any atom is -0.372 e. The highest BCUT2D eigenvalue weighted by atomic mass is 35.5. The molecule has 1 amide bonds. The van der Waals surface area contributed by atoms with Gasteiger partial charge in [-0.15, -0.1) is 0 Å². The molecular weight excluding hydrogens is 462 g/mol. The van der Waals surface area contributed by atoms with Crippen molar-refractivity contribution in [1.29, 1.82) is 0 Å². The quantitative estimate of drug-likeness (QED) is 0.548. The number of benzene rings is 1. The van der Waals surface area contributed by atoms with E-state index < -0.39 is 0 Å². The van der Waals surface area contributed by atoms with Crippen LogP contribution in [0.4, 0.5) is 5.82 Å². The summed E-state index contributed by atoms with van der Waals surface area (Å²) in [6.07, 6.45) is 10.3. The third-order valence-electron chi connectivity index (χ3n) is 5.31. The fourth-order valence-electron chi connectivity index (χ4n) is 3.79. The van der Waals surface area contributed by atoms with Crippen LogP contribution >= 0.6 is 11.6 Å². The van der Waals surface area contributed by atoms with E-state index >= 15 is 0 Å². The number of carbonyl (C=O) groups is 1. The highest BCUT2D eigenvalue weighted by molar-refractivity contribution is 6.30. The van der Waals surface area contributed by atoms with Crippen molar-refractivity contribution in [2.24, 2.45) is 0 Å². The first-order valence-corrected chi connectivity index (χ1v) is 11.7. The molecule has 0 spiro atoms. The molecular formula is C27H26ClN5O2. The summed E-state index contributed by atoms with van der Waals surface area (Å²) in [5.41, 5.74) is 2.82. The lowest BCUT2D eigenvalue weighted by Crippen LogP contribution is -2.46. The van der Waals surface area contributed by atoms with Crippen LogP contribution < -0.4 is 10.2 Å².